The van der Waals surface area contributed by atoms with E-state index < -0.39 is 0 Å². The van der Waals surface area contributed by atoms with Crippen LogP contribution in [-0.4, -0.2) is 30.7 Å². The molecule has 1 aliphatic rings. The number of hydrogen-bond acceptors (Lipinski definition) is 2. The highest BCUT2D eigenvalue weighted by molar-refractivity contribution is 7.27. The first kappa shape index (κ1) is 15.0. The fraction of sp³-hybridized carbons (Fsp3) is 0.625. The van der Waals surface area contributed by atoms with Crippen LogP contribution in [0.1, 0.15) is 38.2 Å². The van der Waals surface area contributed by atoms with Crippen LogP contribution in [0.25, 0.3) is 0 Å². The third-order valence-corrected chi connectivity index (χ3v) is 4.22. The van der Waals surface area contributed by atoms with Crippen LogP contribution in [0.2, 0.25) is 0 Å². The first-order chi connectivity index (χ1) is 9.17. The lowest BCUT2D eigenvalue weighted by Gasteiger charge is -2.32. The minimum atomic E-state index is 0.421. The quantitative estimate of drug-likeness (QED) is 0.768. The SMILES string of the molecule is CC[C@H]1CCC[C@@H](CN(C)Cc2ccc(P)cc2)O1. The van der Waals surface area contributed by atoms with Crippen LogP contribution in [0.3, 0.4) is 0 Å². The highest BCUT2D eigenvalue weighted by atomic mass is 31.0. The summed E-state index contributed by atoms with van der Waals surface area (Å²) in [5, 5.41) is 1.24. The molecular weight excluding hydrogens is 253 g/mol. The van der Waals surface area contributed by atoms with E-state index in [0.717, 1.165) is 19.5 Å². The van der Waals surface area contributed by atoms with Gasteiger partial charge in [-0.1, -0.05) is 31.2 Å². The van der Waals surface area contributed by atoms with Gasteiger partial charge in [0.2, 0.25) is 0 Å². The monoisotopic (exact) mass is 279 g/mol. The summed E-state index contributed by atoms with van der Waals surface area (Å²) in [5.41, 5.74) is 1.37. The van der Waals surface area contributed by atoms with Crippen molar-refractivity contribution in [1.29, 1.82) is 0 Å². The highest BCUT2D eigenvalue weighted by Gasteiger charge is 2.22. The van der Waals surface area contributed by atoms with Crippen LogP contribution in [-0.2, 0) is 11.3 Å². The second kappa shape index (κ2) is 7.38. The average Bonchev–Trinajstić information content (AvgIpc) is 2.41. The third kappa shape index (κ3) is 4.87. The number of nitrogens with zero attached hydrogens (tertiary/aromatic N) is 1. The predicted octanol–water partition coefficient (Wildman–Crippen LogP) is 2.97. The lowest BCUT2D eigenvalue weighted by Crippen LogP contribution is -2.36. The summed E-state index contributed by atoms with van der Waals surface area (Å²) in [6.07, 6.45) is 5.83. The smallest absolute Gasteiger partial charge is 0.0705 e. The minimum absolute atomic E-state index is 0.421. The Morgan fingerprint density at radius 1 is 1.21 bits per heavy atom. The Balaban J connectivity index is 1.80. The zero-order valence-electron chi connectivity index (χ0n) is 12.1. The summed E-state index contributed by atoms with van der Waals surface area (Å²) in [5.74, 6) is 0. The Morgan fingerprint density at radius 2 is 1.89 bits per heavy atom. The lowest BCUT2D eigenvalue weighted by molar-refractivity contribution is -0.0620. The van der Waals surface area contributed by atoms with Crippen LogP contribution < -0.4 is 5.30 Å². The zero-order chi connectivity index (χ0) is 13.7. The molecule has 1 saturated heterocycles. The number of ether oxygens (including phenoxy) is 1. The molecule has 0 N–H and O–H groups in total. The van der Waals surface area contributed by atoms with Crippen LogP contribution in [0.4, 0.5) is 0 Å². The van der Waals surface area contributed by atoms with Crippen molar-refractivity contribution < 1.29 is 4.74 Å². The van der Waals surface area contributed by atoms with E-state index in [-0.39, 0.29) is 0 Å². The molecule has 0 bridgehead atoms. The van der Waals surface area contributed by atoms with E-state index in [2.05, 4.69) is 52.4 Å². The second-order valence-corrected chi connectivity index (χ2v) is 6.32. The van der Waals surface area contributed by atoms with Gasteiger partial charge in [0, 0.05) is 13.1 Å². The van der Waals surface area contributed by atoms with E-state index in [9.17, 15) is 0 Å². The molecule has 0 aliphatic carbocycles. The van der Waals surface area contributed by atoms with Gasteiger partial charge in [-0.3, -0.25) is 4.90 Å². The minimum Gasteiger partial charge on any atom is -0.374 e. The molecule has 106 valence electrons. The molecule has 0 saturated carbocycles. The highest BCUT2D eigenvalue weighted by Crippen LogP contribution is 2.21. The van der Waals surface area contributed by atoms with Gasteiger partial charge in [-0.2, -0.15) is 0 Å². The van der Waals surface area contributed by atoms with Crippen LogP contribution in [0.5, 0.6) is 0 Å². The molecule has 1 aromatic carbocycles. The van der Waals surface area contributed by atoms with Crippen molar-refractivity contribution in [1.82, 2.24) is 4.90 Å². The number of hydrogen-bond donors (Lipinski definition) is 0. The molecule has 1 aromatic rings. The number of likely N-dealkylation sites (N-methyl/N-ethyl adjacent to an activating group) is 1. The Labute approximate surface area is 119 Å². The first-order valence-corrected chi connectivity index (χ1v) is 7.93. The maximum atomic E-state index is 6.12. The van der Waals surface area contributed by atoms with E-state index in [4.69, 9.17) is 4.74 Å². The Morgan fingerprint density at radius 3 is 2.58 bits per heavy atom. The summed E-state index contributed by atoms with van der Waals surface area (Å²) >= 11 is 0. The summed E-state index contributed by atoms with van der Waals surface area (Å²) in [4.78, 5) is 2.38. The largest absolute Gasteiger partial charge is 0.374 e. The van der Waals surface area contributed by atoms with Crippen LogP contribution >= 0.6 is 9.24 Å². The van der Waals surface area contributed by atoms with Gasteiger partial charge >= 0.3 is 0 Å². The summed E-state index contributed by atoms with van der Waals surface area (Å²) in [7, 11) is 4.92. The number of benzene rings is 1. The van der Waals surface area contributed by atoms with Crippen molar-refractivity contribution in [3.63, 3.8) is 0 Å². The molecular formula is C16H26NOP. The molecule has 2 rings (SSSR count). The first-order valence-electron chi connectivity index (χ1n) is 7.35. The Hall–Kier alpha value is -0.430. The summed E-state index contributed by atoms with van der Waals surface area (Å²) in [6, 6.07) is 8.71. The van der Waals surface area contributed by atoms with Crippen molar-refractivity contribution in [2.75, 3.05) is 13.6 Å². The molecule has 1 unspecified atom stereocenters. The van der Waals surface area contributed by atoms with Gasteiger partial charge in [0.25, 0.3) is 0 Å². The Bertz CT molecular complexity index is 379. The van der Waals surface area contributed by atoms with Crippen molar-refractivity contribution in [2.24, 2.45) is 0 Å². The fourth-order valence-corrected chi connectivity index (χ4v) is 2.96. The molecule has 1 heterocycles. The van der Waals surface area contributed by atoms with Gasteiger partial charge < -0.3 is 4.74 Å². The predicted molar refractivity (Wildman–Crippen MR) is 84.9 cm³/mol. The molecule has 0 amide bonds. The molecule has 3 heteroatoms. The van der Waals surface area contributed by atoms with Crippen molar-refractivity contribution in [2.45, 2.75) is 51.4 Å². The molecule has 0 aromatic heterocycles. The van der Waals surface area contributed by atoms with Crippen molar-refractivity contribution >= 4 is 14.5 Å². The molecule has 3 atom stereocenters. The normalized spacial score (nSPS) is 23.8. The van der Waals surface area contributed by atoms with E-state index in [1.54, 1.807) is 0 Å². The van der Waals surface area contributed by atoms with Gasteiger partial charge in [0.05, 0.1) is 12.2 Å². The molecule has 19 heavy (non-hydrogen) atoms. The zero-order valence-corrected chi connectivity index (χ0v) is 13.3. The maximum Gasteiger partial charge on any atom is 0.0705 e. The standard InChI is InChI=1S/C16H26NOP/c1-3-14-5-4-6-15(18-14)12-17(2)11-13-7-9-16(19)10-8-13/h7-10,14-15H,3-6,11-12,19H2,1-2H3/t14-,15-/m0/s1. The summed E-state index contributed by atoms with van der Waals surface area (Å²) in [6.45, 7) is 4.27. The third-order valence-electron chi connectivity index (χ3n) is 3.84. The molecule has 0 radical (unpaired) electrons. The molecule has 1 fully saturated rings. The molecule has 0 spiro atoms. The van der Waals surface area contributed by atoms with E-state index in [0.29, 0.717) is 12.2 Å². The molecule has 1 aliphatic heterocycles. The van der Waals surface area contributed by atoms with Crippen LogP contribution in [0.15, 0.2) is 24.3 Å². The Kier molecular flexibility index (Phi) is 5.81. The van der Waals surface area contributed by atoms with Crippen LogP contribution in [0, 0.1) is 0 Å². The summed E-state index contributed by atoms with van der Waals surface area (Å²) < 4.78 is 6.12. The van der Waals surface area contributed by atoms with E-state index in [1.165, 1.54) is 30.1 Å². The van der Waals surface area contributed by atoms with E-state index >= 15 is 0 Å². The van der Waals surface area contributed by atoms with Gasteiger partial charge in [0.1, 0.15) is 0 Å². The fourth-order valence-electron chi connectivity index (χ4n) is 2.76. The maximum absolute atomic E-state index is 6.12. The lowest BCUT2D eigenvalue weighted by atomic mass is 10.0. The number of rotatable bonds is 5. The second-order valence-electron chi connectivity index (χ2n) is 5.66. The van der Waals surface area contributed by atoms with Crippen molar-refractivity contribution in [3.05, 3.63) is 29.8 Å². The van der Waals surface area contributed by atoms with Gasteiger partial charge in [0.15, 0.2) is 0 Å². The van der Waals surface area contributed by atoms with Gasteiger partial charge in [-0.25, -0.2) is 0 Å². The average molecular weight is 279 g/mol. The topological polar surface area (TPSA) is 12.5 Å². The van der Waals surface area contributed by atoms with E-state index in [1.807, 2.05) is 0 Å². The van der Waals surface area contributed by atoms with Gasteiger partial charge in [-0.15, -0.1) is 9.24 Å². The van der Waals surface area contributed by atoms with Crippen molar-refractivity contribution in [3.8, 4) is 0 Å². The van der Waals surface area contributed by atoms with Gasteiger partial charge in [-0.05, 0) is 43.6 Å². The molecule has 2 nitrogen and oxygen atoms in total.